The summed E-state index contributed by atoms with van der Waals surface area (Å²) in [6.45, 7) is 2.53. The standard InChI is InChI=1S/C10H19NO3/c1-3-14-9(12)11(2)8-10(13)6-4-5-7-10/h13H,3-8H2,1-2H3. The van der Waals surface area contributed by atoms with Gasteiger partial charge in [-0.05, 0) is 19.8 Å². The number of carbonyl (C=O) groups is 1. The van der Waals surface area contributed by atoms with Crippen molar-refractivity contribution < 1.29 is 14.6 Å². The average Bonchev–Trinajstić information content (AvgIpc) is 2.52. The second-order valence-electron chi connectivity index (χ2n) is 3.99. The number of hydrogen-bond donors (Lipinski definition) is 1. The summed E-state index contributed by atoms with van der Waals surface area (Å²) in [5.74, 6) is 0. The van der Waals surface area contributed by atoms with Crippen LogP contribution in [-0.2, 0) is 4.74 Å². The van der Waals surface area contributed by atoms with E-state index >= 15 is 0 Å². The van der Waals surface area contributed by atoms with Crippen molar-refractivity contribution in [3.8, 4) is 0 Å². The Morgan fingerprint density at radius 3 is 2.57 bits per heavy atom. The molecule has 1 rings (SSSR count). The van der Waals surface area contributed by atoms with E-state index in [1.165, 1.54) is 4.90 Å². The lowest BCUT2D eigenvalue weighted by Gasteiger charge is -2.27. The maximum Gasteiger partial charge on any atom is 0.409 e. The van der Waals surface area contributed by atoms with Gasteiger partial charge in [0, 0.05) is 7.05 Å². The largest absolute Gasteiger partial charge is 0.450 e. The van der Waals surface area contributed by atoms with Crippen LogP contribution in [0.3, 0.4) is 0 Å². The van der Waals surface area contributed by atoms with Crippen molar-refractivity contribution in [3.05, 3.63) is 0 Å². The second kappa shape index (κ2) is 4.64. The maximum atomic E-state index is 11.3. The van der Waals surface area contributed by atoms with Gasteiger partial charge in [0.25, 0.3) is 0 Å². The molecule has 0 aromatic rings. The van der Waals surface area contributed by atoms with Crippen LogP contribution < -0.4 is 0 Å². The minimum atomic E-state index is -0.679. The zero-order valence-electron chi connectivity index (χ0n) is 8.95. The maximum absolute atomic E-state index is 11.3. The van der Waals surface area contributed by atoms with Gasteiger partial charge in [-0.1, -0.05) is 12.8 Å². The van der Waals surface area contributed by atoms with Crippen LogP contribution in [0.1, 0.15) is 32.6 Å². The Bertz CT molecular complexity index is 200. The molecule has 1 fully saturated rings. The Balaban J connectivity index is 2.38. The summed E-state index contributed by atoms with van der Waals surface area (Å²) >= 11 is 0. The van der Waals surface area contributed by atoms with Crippen molar-refractivity contribution in [2.45, 2.75) is 38.2 Å². The third kappa shape index (κ3) is 2.87. The van der Waals surface area contributed by atoms with Gasteiger partial charge in [0.15, 0.2) is 0 Å². The molecule has 0 radical (unpaired) electrons. The smallest absolute Gasteiger partial charge is 0.409 e. The second-order valence-corrected chi connectivity index (χ2v) is 3.99. The topological polar surface area (TPSA) is 49.8 Å². The van der Waals surface area contributed by atoms with E-state index in [0.29, 0.717) is 13.2 Å². The van der Waals surface area contributed by atoms with E-state index < -0.39 is 5.60 Å². The molecule has 14 heavy (non-hydrogen) atoms. The predicted octanol–water partition coefficient (Wildman–Crippen LogP) is 1.38. The van der Waals surface area contributed by atoms with Crippen molar-refractivity contribution >= 4 is 6.09 Å². The first kappa shape index (κ1) is 11.3. The monoisotopic (exact) mass is 201 g/mol. The molecule has 0 atom stereocenters. The highest BCUT2D eigenvalue weighted by Gasteiger charge is 2.33. The lowest BCUT2D eigenvalue weighted by atomic mass is 10.0. The van der Waals surface area contributed by atoms with Crippen molar-refractivity contribution in [1.29, 1.82) is 0 Å². The number of ether oxygens (including phenoxy) is 1. The summed E-state index contributed by atoms with van der Waals surface area (Å²) < 4.78 is 4.83. The van der Waals surface area contributed by atoms with Gasteiger partial charge in [0.2, 0.25) is 0 Å². The SMILES string of the molecule is CCOC(=O)N(C)CC1(O)CCCC1. The summed E-state index contributed by atoms with van der Waals surface area (Å²) in [4.78, 5) is 12.7. The normalized spacial score (nSPS) is 19.4. The number of carbonyl (C=O) groups excluding carboxylic acids is 1. The number of aliphatic hydroxyl groups is 1. The predicted molar refractivity (Wildman–Crippen MR) is 53.1 cm³/mol. The van der Waals surface area contributed by atoms with E-state index in [0.717, 1.165) is 25.7 Å². The fourth-order valence-corrected chi connectivity index (χ4v) is 1.93. The molecule has 0 aliphatic heterocycles. The zero-order valence-corrected chi connectivity index (χ0v) is 8.95. The Kier molecular flexibility index (Phi) is 3.75. The first-order valence-corrected chi connectivity index (χ1v) is 5.18. The molecule has 0 heterocycles. The Morgan fingerprint density at radius 1 is 1.50 bits per heavy atom. The molecule has 0 aromatic heterocycles. The Hall–Kier alpha value is -0.770. The molecule has 0 saturated heterocycles. The van der Waals surface area contributed by atoms with Crippen LogP contribution in [0.5, 0.6) is 0 Å². The summed E-state index contributed by atoms with van der Waals surface area (Å²) in [6.07, 6.45) is 3.32. The number of rotatable bonds is 3. The van der Waals surface area contributed by atoms with E-state index in [4.69, 9.17) is 4.74 Å². The molecule has 82 valence electrons. The Morgan fingerprint density at radius 2 is 2.07 bits per heavy atom. The third-order valence-electron chi connectivity index (χ3n) is 2.65. The first-order chi connectivity index (χ1) is 6.57. The van der Waals surface area contributed by atoms with Gasteiger partial charge in [0.1, 0.15) is 0 Å². The van der Waals surface area contributed by atoms with E-state index in [1.54, 1.807) is 14.0 Å². The molecule has 4 nitrogen and oxygen atoms in total. The van der Waals surface area contributed by atoms with Crippen LogP contribution in [0.4, 0.5) is 4.79 Å². The highest BCUT2D eigenvalue weighted by molar-refractivity contribution is 5.67. The van der Waals surface area contributed by atoms with Crippen LogP contribution in [0.15, 0.2) is 0 Å². The van der Waals surface area contributed by atoms with Gasteiger partial charge in [0.05, 0.1) is 18.8 Å². The van der Waals surface area contributed by atoms with Crippen LogP contribution in [0.25, 0.3) is 0 Å². The van der Waals surface area contributed by atoms with Crippen molar-refractivity contribution in [2.24, 2.45) is 0 Å². The number of likely N-dealkylation sites (N-methyl/N-ethyl adjacent to an activating group) is 1. The molecular formula is C10H19NO3. The quantitative estimate of drug-likeness (QED) is 0.750. The highest BCUT2D eigenvalue weighted by atomic mass is 16.6. The summed E-state index contributed by atoms with van der Waals surface area (Å²) in [5.41, 5.74) is -0.679. The van der Waals surface area contributed by atoms with E-state index in [9.17, 15) is 9.90 Å². The molecule has 0 bridgehead atoms. The van der Waals surface area contributed by atoms with Gasteiger partial charge >= 0.3 is 6.09 Å². The lowest BCUT2D eigenvalue weighted by molar-refractivity contribution is 0.0134. The number of amides is 1. The van der Waals surface area contributed by atoms with E-state index in [2.05, 4.69) is 0 Å². The molecule has 1 aliphatic rings. The van der Waals surface area contributed by atoms with Gasteiger partial charge < -0.3 is 14.7 Å². The molecule has 4 heteroatoms. The van der Waals surface area contributed by atoms with Gasteiger partial charge in [-0.3, -0.25) is 0 Å². The van der Waals surface area contributed by atoms with Gasteiger partial charge in [-0.15, -0.1) is 0 Å². The van der Waals surface area contributed by atoms with Crippen LogP contribution in [0.2, 0.25) is 0 Å². The molecule has 1 N–H and O–H groups in total. The average molecular weight is 201 g/mol. The van der Waals surface area contributed by atoms with Crippen LogP contribution >= 0.6 is 0 Å². The zero-order chi connectivity index (χ0) is 10.6. The molecule has 0 unspecified atom stereocenters. The summed E-state index contributed by atoms with van der Waals surface area (Å²) in [6, 6.07) is 0. The summed E-state index contributed by atoms with van der Waals surface area (Å²) in [5, 5.41) is 10.0. The fraction of sp³-hybridized carbons (Fsp3) is 0.900. The van der Waals surface area contributed by atoms with Crippen LogP contribution in [0, 0.1) is 0 Å². The third-order valence-corrected chi connectivity index (χ3v) is 2.65. The molecule has 0 aromatic carbocycles. The fourth-order valence-electron chi connectivity index (χ4n) is 1.93. The van der Waals surface area contributed by atoms with Crippen molar-refractivity contribution in [3.63, 3.8) is 0 Å². The molecular weight excluding hydrogens is 182 g/mol. The lowest BCUT2D eigenvalue weighted by Crippen LogP contribution is -2.42. The van der Waals surface area contributed by atoms with Gasteiger partial charge in [-0.25, -0.2) is 4.79 Å². The highest BCUT2D eigenvalue weighted by Crippen LogP contribution is 2.29. The number of hydrogen-bond acceptors (Lipinski definition) is 3. The van der Waals surface area contributed by atoms with E-state index in [1.807, 2.05) is 0 Å². The minimum Gasteiger partial charge on any atom is -0.450 e. The van der Waals surface area contributed by atoms with Gasteiger partial charge in [-0.2, -0.15) is 0 Å². The Labute approximate surface area is 84.8 Å². The molecule has 1 aliphatic carbocycles. The van der Waals surface area contributed by atoms with E-state index in [-0.39, 0.29) is 6.09 Å². The number of nitrogens with zero attached hydrogens (tertiary/aromatic N) is 1. The summed E-state index contributed by atoms with van der Waals surface area (Å²) in [7, 11) is 1.66. The van der Waals surface area contributed by atoms with Crippen LogP contribution in [-0.4, -0.2) is 41.9 Å². The minimum absolute atomic E-state index is 0.354. The van der Waals surface area contributed by atoms with Crippen molar-refractivity contribution in [2.75, 3.05) is 20.2 Å². The van der Waals surface area contributed by atoms with Crippen molar-refractivity contribution in [1.82, 2.24) is 4.90 Å². The first-order valence-electron chi connectivity index (χ1n) is 5.18. The molecule has 1 amide bonds. The molecule has 1 saturated carbocycles. The molecule has 0 spiro atoms.